The highest BCUT2D eigenvalue weighted by Crippen LogP contribution is 2.60. The summed E-state index contributed by atoms with van der Waals surface area (Å²) in [6.07, 6.45) is -0.118. The molecule has 0 saturated heterocycles. The molecule has 0 aliphatic heterocycles. The molecule has 162 valence electrons. The molecule has 0 N–H and O–H groups in total. The van der Waals surface area contributed by atoms with Gasteiger partial charge < -0.3 is 13.8 Å². The number of hydrogen-bond acceptors (Lipinski definition) is 7. The van der Waals surface area contributed by atoms with Crippen molar-refractivity contribution < 1.29 is 28.0 Å². The SMILES string of the molecule is CCCOC(=O)C(C)ON(C(C(C)(C)C)P(=O)(OCC)OCC)C(C)(C)C. The van der Waals surface area contributed by atoms with Gasteiger partial charge in [-0.15, -0.1) is 0 Å². The minimum atomic E-state index is -3.56. The van der Waals surface area contributed by atoms with E-state index in [0.29, 0.717) is 6.61 Å². The standard InChI is InChI=1S/C19H40NO6P/c1-11-14-23-16(21)15(4)26-20(19(8,9)10)17(18(5,6)7)27(22,24-12-2)25-13-3/h15,17H,11-14H2,1-10H3. The molecule has 0 spiro atoms. The number of rotatable bonds is 11. The summed E-state index contributed by atoms with van der Waals surface area (Å²) < 4.78 is 30.2. The third-order valence-electron chi connectivity index (χ3n) is 3.63. The van der Waals surface area contributed by atoms with Crippen LogP contribution in [0.4, 0.5) is 0 Å². The number of esters is 1. The Hall–Kier alpha value is -0.460. The number of ether oxygens (including phenoxy) is 1. The quantitative estimate of drug-likeness (QED) is 0.270. The molecule has 0 aromatic heterocycles. The van der Waals surface area contributed by atoms with Gasteiger partial charge >= 0.3 is 13.6 Å². The second-order valence-electron chi connectivity index (χ2n) is 8.53. The third-order valence-corrected chi connectivity index (χ3v) is 6.45. The average Bonchev–Trinajstić information content (AvgIpc) is 2.49. The van der Waals surface area contributed by atoms with Gasteiger partial charge in [0.05, 0.1) is 19.8 Å². The number of carbonyl (C=O) groups is 1. The van der Waals surface area contributed by atoms with Gasteiger partial charge in [-0.3, -0.25) is 9.40 Å². The van der Waals surface area contributed by atoms with Crippen LogP contribution in [0.1, 0.15) is 75.7 Å². The molecule has 0 rings (SSSR count). The summed E-state index contributed by atoms with van der Waals surface area (Å²) in [7, 11) is -3.56. The van der Waals surface area contributed by atoms with Gasteiger partial charge in [0.15, 0.2) is 6.10 Å². The van der Waals surface area contributed by atoms with Crippen LogP contribution in [0.15, 0.2) is 0 Å². The second-order valence-corrected chi connectivity index (χ2v) is 10.6. The lowest BCUT2D eigenvalue weighted by molar-refractivity contribution is -0.263. The molecule has 0 fully saturated rings. The molecule has 7 nitrogen and oxygen atoms in total. The van der Waals surface area contributed by atoms with Crippen molar-refractivity contribution in [3.05, 3.63) is 0 Å². The Kier molecular flexibility index (Phi) is 10.7. The Labute approximate surface area is 165 Å². The molecule has 0 aliphatic rings. The fourth-order valence-electron chi connectivity index (χ4n) is 2.61. The fourth-order valence-corrected chi connectivity index (χ4v) is 5.29. The van der Waals surface area contributed by atoms with Crippen LogP contribution >= 0.6 is 7.60 Å². The first-order chi connectivity index (χ1) is 12.2. The maximum Gasteiger partial charge on any atom is 0.350 e. The molecule has 0 radical (unpaired) electrons. The number of carbonyl (C=O) groups excluding carboxylic acids is 1. The summed E-state index contributed by atoms with van der Waals surface area (Å²) in [6, 6.07) is 0. The van der Waals surface area contributed by atoms with E-state index in [1.165, 1.54) is 0 Å². The van der Waals surface area contributed by atoms with Crippen LogP contribution in [0.5, 0.6) is 0 Å². The molecular formula is C19H40NO6P. The van der Waals surface area contributed by atoms with Crippen molar-refractivity contribution in [2.75, 3.05) is 19.8 Å². The van der Waals surface area contributed by atoms with E-state index in [1.807, 2.05) is 48.5 Å². The van der Waals surface area contributed by atoms with Gasteiger partial charge in [-0.05, 0) is 53.4 Å². The third kappa shape index (κ3) is 8.20. The van der Waals surface area contributed by atoms with E-state index < -0.39 is 36.4 Å². The minimum absolute atomic E-state index is 0.246. The van der Waals surface area contributed by atoms with Crippen molar-refractivity contribution in [1.29, 1.82) is 0 Å². The summed E-state index contributed by atoms with van der Waals surface area (Å²) in [6.45, 7) is 19.6. The molecule has 0 amide bonds. The second kappa shape index (κ2) is 10.9. The van der Waals surface area contributed by atoms with E-state index in [2.05, 4.69) is 0 Å². The Morgan fingerprint density at radius 3 is 1.81 bits per heavy atom. The zero-order valence-electron chi connectivity index (χ0n) is 18.8. The van der Waals surface area contributed by atoms with Crippen LogP contribution in [0, 0.1) is 5.41 Å². The first-order valence-electron chi connectivity index (χ1n) is 9.76. The Morgan fingerprint density at radius 1 is 1.00 bits per heavy atom. The van der Waals surface area contributed by atoms with Crippen LogP contribution in [0.25, 0.3) is 0 Å². The van der Waals surface area contributed by atoms with E-state index >= 15 is 0 Å². The number of nitrogens with zero attached hydrogens (tertiary/aromatic N) is 1. The highest BCUT2D eigenvalue weighted by atomic mass is 31.2. The van der Waals surface area contributed by atoms with Crippen LogP contribution in [-0.2, 0) is 28.0 Å². The van der Waals surface area contributed by atoms with Crippen LogP contribution < -0.4 is 0 Å². The van der Waals surface area contributed by atoms with Crippen LogP contribution in [0.2, 0.25) is 0 Å². The molecule has 2 atom stereocenters. The predicted molar refractivity (Wildman–Crippen MR) is 107 cm³/mol. The van der Waals surface area contributed by atoms with E-state index in [0.717, 1.165) is 6.42 Å². The smallest absolute Gasteiger partial charge is 0.350 e. The lowest BCUT2D eigenvalue weighted by atomic mass is 9.94. The lowest BCUT2D eigenvalue weighted by Crippen LogP contribution is -2.55. The van der Waals surface area contributed by atoms with Crippen molar-refractivity contribution in [2.24, 2.45) is 5.41 Å². The molecule has 0 bridgehead atoms. The van der Waals surface area contributed by atoms with Crippen molar-refractivity contribution in [3.63, 3.8) is 0 Å². The molecule has 8 heteroatoms. The molecule has 0 aromatic carbocycles. The first kappa shape index (κ1) is 26.5. The van der Waals surface area contributed by atoms with Crippen molar-refractivity contribution in [1.82, 2.24) is 5.06 Å². The Balaban J connectivity index is 6.00. The number of hydroxylamine groups is 2. The van der Waals surface area contributed by atoms with Gasteiger partial charge in [0, 0.05) is 5.54 Å². The fraction of sp³-hybridized carbons (Fsp3) is 0.947. The predicted octanol–water partition coefficient (Wildman–Crippen LogP) is 5.00. The topological polar surface area (TPSA) is 74.3 Å². The molecule has 0 saturated carbocycles. The highest BCUT2D eigenvalue weighted by molar-refractivity contribution is 7.54. The monoisotopic (exact) mass is 409 g/mol. The van der Waals surface area contributed by atoms with Crippen LogP contribution in [-0.4, -0.2) is 48.3 Å². The zero-order valence-corrected chi connectivity index (χ0v) is 19.7. The van der Waals surface area contributed by atoms with E-state index in [9.17, 15) is 9.36 Å². The lowest BCUT2D eigenvalue weighted by Gasteiger charge is -2.47. The summed E-state index contributed by atoms with van der Waals surface area (Å²) in [4.78, 5) is 18.3. The van der Waals surface area contributed by atoms with Crippen LogP contribution in [0.3, 0.4) is 0 Å². The van der Waals surface area contributed by atoms with Gasteiger partial charge in [0.2, 0.25) is 0 Å². The van der Waals surface area contributed by atoms with Crippen molar-refractivity contribution in [3.8, 4) is 0 Å². The van der Waals surface area contributed by atoms with Crippen molar-refractivity contribution in [2.45, 2.75) is 93.1 Å². The first-order valence-corrected chi connectivity index (χ1v) is 11.4. The van der Waals surface area contributed by atoms with Gasteiger partial charge in [0.1, 0.15) is 5.78 Å². The molecule has 0 heterocycles. The zero-order chi connectivity index (χ0) is 21.5. The summed E-state index contributed by atoms with van der Waals surface area (Å²) in [5.74, 6) is -1.17. The van der Waals surface area contributed by atoms with Crippen molar-refractivity contribution >= 4 is 13.6 Å². The van der Waals surface area contributed by atoms with Gasteiger partial charge in [0.25, 0.3) is 0 Å². The number of hydrogen-bond donors (Lipinski definition) is 0. The van der Waals surface area contributed by atoms with Gasteiger partial charge in [-0.2, -0.15) is 5.06 Å². The van der Waals surface area contributed by atoms with E-state index in [1.54, 1.807) is 25.8 Å². The van der Waals surface area contributed by atoms with Gasteiger partial charge in [-0.1, -0.05) is 27.7 Å². The molecule has 0 aliphatic carbocycles. The normalized spacial score (nSPS) is 15.7. The molecule has 2 unspecified atom stereocenters. The molecule has 0 aromatic rings. The summed E-state index contributed by atoms with van der Waals surface area (Å²) in [5, 5.41) is 1.59. The van der Waals surface area contributed by atoms with Gasteiger partial charge in [-0.25, -0.2) is 4.79 Å². The Bertz CT molecular complexity index is 487. The summed E-state index contributed by atoms with van der Waals surface area (Å²) >= 11 is 0. The maximum atomic E-state index is 13.7. The maximum absolute atomic E-state index is 13.7. The average molecular weight is 410 g/mol. The van der Waals surface area contributed by atoms with E-state index in [4.69, 9.17) is 18.6 Å². The minimum Gasteiger partial charge on any atom is -0.464 e. The Morgan fingerprint density at radius 2 is 1.48 bits per heavy atom. The molecule has 27 heavy (non-hydrogen) atoms. The largest absolute Gasteiger partial charge is 0.464 e. The van der Waals surface area contributed by atoms with E-state index in [-0.39, 0.29) is 13.2 Å². The summed E-state index contributed by atoms with van der Waals surface area (Å²) in [5.41, 5.74) is -1.08. The molecular weight excluding hydrogens is 369 g/mol. The highest BCUT2D eigenvalue weighted by Gasteiger charge is 2.52.